The standard InChI is InChI=1S/C21H21N3O3S/c1-14-7-9-20(15(2)11-14)28(26,27)24-21-10-8-19(13-22-21)23-18-6-4-5-17(12-18)16(3)25/h4-13,23H,1-3H3,(H,22,24). The Hall–Kier alpha value is -3.19. The summed E-state index contributed by atoms with van der Waals surface area (Å²) in [7, 11) is -3.72. The first-order valence-electron chi connectivity index (χ1n) is 8.69. The number of aromatic nitrogens is 1. The maximum absolute atomic E-state index is 12.6. The molecule has 144 valence electrons. The summed E-state index contributed by atoms with van der Waals surface area (Å²) in [5.41, 5.74) is 3.71. The Morgan fingerprint density at radius 2 is 1.75 bits per heavy atom. The summed E-state index contributed by atoms with van der Waals surface area (Å²) < 4.78 is 27.7. The minimum Gasteiger partial charge on any atom is -0.354 e. The molecule has 2 N–H and O–H groups in total. The minimum atomic E-state index is -3.72. The van der Waals surface area contributed by atoms with Crippen LogP contribution in [-0.2, 0) is 10.0 Å². The van der Waals surface area contributed by atoms with E-state index in [2.05, 4.69) is 15.0 Å². The number of hydrogen-bond donors (Lipinski definition) is 2. The zero-order chi connectivity index (χ0) is 20.3. The number of pyridine rings is 1. The third-order valence-electron chi connectivity index (χ3n) is 4.18. The van der Waals surface area contributed by atoms with E-state index >= 15 is 0 Å². The second kappa shape index (κ2) is 7.82. The molecule has 0 saturated heterocycles. The molecular formula is C21H21N3O3S. The number of hydrogen-bond acceptors (Lipinski definition) is 5. The van der Waals surface area contributed by atoms with Crippen molar-refractivity contribution in [3.63, 3.8) is 0 Å². The van der Waals surface area contributed by atoms with Gasteiger partial charge in [-0.2, -0.15) is 0 Å². The van der Waals surface area contributed by atoms with Crippen LogP contribution in [0.3, 0.4) is 0 Å². The SMILES string of the molecule is CC(=O)c1cccc(Nc2ccc(NS(=O)(=O)c3ccc(C)cc3C)nc2)c1. The molecule has 0 atom stereocenters. The quantitative estimate of drug-likeness (QED) is 0.602. The molecule has 0 spiro atoms. The Kier molecular flexibility index (Phi) is 5.46. The van der Waals surface area contributed by atoms with Crippen molar-refractivity contribution >= 4 is 33.0 Å². The highest BCUT2D eigenvalue weighted by Crippen LogP contribution is 2.22. The lowest BCUT2D eigenvalue weighted by Gasteiger charge is -2.11. The summed E-state index contributed by atoms with van der Waals surface area (Å²) in [5.74, 6) is 0.209. The molecule has 7 heteroatoms. The number of carbonyl (C=O) groups excluding carboxylic acids is 1. The fourth-order valence-electron chi connectivity index (χ4n) is 2.80. The summed E-state index contributed by atoms with van der Waals surface area (Å²) in [4.78, 5) is 15.9. The van der Waals surface area contributed by atoms with Crippen LogP contribution in [0.1, 0.15) is 28.4 Å². The first-order valence-corrected chi connectivity index (χ1v) is 10.2. The van der Waals surface area contributed by atoms with E-state index in [4.69, 9.17) is 0 Å². The number of aryl methyl sites for hydroxylation is 2. The van der Waals surface area contributed by atoms with Crippen LogP contribution in [0.15, 0.2) is 65.7 Å². The summed E-state index contributed by atoms with van der Waals surface area (Å²) >= 11 is 0. The van der Waals surface area contributed by atoms with Crippen molar-refractivity contribution in [3.8, 4) is 0 Å². The minimum absolute atomic E-state index is 0.0158. The monoisotopic (exact) mass is 395 g/mol. The van der Waals surface area contributed by atoms with Crippen LogP contribution in [-0.4, -0.2) is 19.2 Å². The van der Waals surface area contributed by atoms with Crippen LogP contribution in [0.2, 0.25) is 0 Å². The second-order valence-corrected chi connectivity index (χ2v) is 8.22. The fourth-order valence-corrected chi connectivity index (χ4v) is 4.04. The molecule has 0 fully saturated rings. The van der Waals surface area contributed by atoms with Crippen LogP contribution in [0, 0.1) is 13.8 Å². The molecule has 0 bridgehead atoms. The predicted octanol–water partition coefficient (Wildman–Crippen LogP) is 4.45. The Morgan fingerprint density at radius 3 is 2.39 bits per heavy atom. The first kappa shape index (κ1) is 19.6. The number of anilines is 3. The second-order valence-electron chi connectivity index (χ2n) is 6.57. The normalized spacial score (nSPS) is 11.1. The zero-order valence-corrected chi connectivity index (χ0v) is 16.7. The van der Waals surface area contributed by atoms with Crippen molar-refractivity contribution in [1.29, 1.82) is 0 Å². The zero-order valence-electron chi connectivity index (χ0n) is 15.9. The molecule has 6 nitrogen and oxygen atoms in total. The van der Waals surface area contributed by atoms with Crippen molar-refractivity contribution in [2.24, 2.45) is 0 Å². The molecule has 1 heterocycles. The number of carbonyl (C=O) groups is 1. The van der Waals surface area contributed by atoms with Gasteiger partial charge in [0.2, 0.25) is 0 Å². The molecule has 0 radical (unpaired) electrons. The molecular weight excluding hydrogens is 374 g/mol. The van der Waals surface area contributed by atoms with Crippen molar-refractivity contribution in [2.45, 2.75) is 25.7 Å². The molecule has 2 aromatic carbocycles. The van der Waals surface area contributed by atoms with Crippen molar-refractivity contribution in [2.75, 3.05) is 10.0 Å². The van der Waals surface area contributed by atoms with Crippen LogP contribution in [0.4, 0.5) is 17.2 Å². The predicted molar refractivity (Wildman–Crippen MR) is 111 cm³/mol. The molecule has 0 saturated carbocycles. The van der Waals surface area contributed by atoms with E-state index in [1.54, 1.807) is 49.4 Å². The average molecular weight is 395 g/mol. The van der Waals surface area contributed by atoms with Gasteiger partial charge in [-0.05, 0) is 56.7 Å². The van der Waals surface area contributed by atoms with Gasteiger partial charge in [0.05, 0.1) is 16.8 Å². The summed E-state index contributed by atoms with van der Waals surface area (Å²) in [6.45, 7) is 5.19. The molecule has 0 unspecified atom stereocenters. The lowest BCUT2D eigenvalue weighted by atomic mass is 10.1. The van der Waals surface area contributed by atoms with Gasteiger partial charge in [0, 0.05) is 11.3 Å². The fraction of sp³-hybridized carbons (Fsp3) is 0.143. The van der Waals surface area contributed by atoms with Crippen molar-refractivity contribution in [3.05, 3.63) is 77.5 Å². The molecule has 0 amide bonds. The lowest BCUT2D eigenvalue weighted by Crippen LogP contribution is -2.15. The topological polar surface area (TPSA) is 88.2 Å². The van der Waals surface area contributed by atoms with Gasteiger partial charge in [0.1, 0.15) is 5.82 Å². The molecule has 0 aliphatic carbocycles. The number of rotatable bonds is 6. The maximum Gasteiger partial charge on any atom is 0.263 e. The molecule has 0 aliphatic heterocycles. The van der Waals surface area contributed by atoms with Crippen LogP contribution in [0.25, 0.3) is 0 Å². The van der Waals surface area contributed by atoms with E-state index in [1.807, 2.05) is 19.1 Å². The summed E-state index contributed by atoms with van der Waals surface area (Å²) in [6.07, 6.45) is 1.53. The van der Waals surface area contributed by atoms with Gasteiger partial charge >= 0.3 is 0 Å². The smallest absolute Gasteiger partial charge is 0.263 e. The summed E-state index contributed by atoms with van der Waals surface area (Å²) in [5, 5.41) is 3.14. The van der Waals surface area contributed by atoms with Gasteiger partial charge in [-0.3, -0.25) is 9.52 Å². The largest absolute Gasteiger partial charge is 0.354 e. The number of ketones is 1. The van der Waals surface area contributed by atoms with Gasteiger partial charge in [0.15, 0.2) is 5.78 Å². The molecule has 28 heavy (non-hydrogen) atoms. The van der Waals surface area contributed by atoms with E-state index in [0.29, 0.717) is 16.8 Å². The van der Waals surface area contributed by atoms with Crippen LogP contribution < -0.4 is 10.0 Å². The van der Waals surface area contributed by atoms with E-state index in [-0.39, 0.29) is 16.5 Å². The van der Waals surface area contributed by atoms with E-state index in [1.165, 1.54) is 13.1 Å². The number of nitrogens with zero attached hydrogens (tertiary/aromatic N) is 1. The highest BCUT2D eigenvalue weighted by molar-refractivity contribution is 7.92. The number of sulfonamides is 1. The van der Waals surface area contributed by atoms with Crippen LogP contribution in [0.5, 0.6) is 0 Å². The van der Waals surface area contributed by atoms with Crippen molar-refractivity contribution < 1.29 is 13.2 Å². The Bertz CT molecular complexity index is 1120. The molecule has 0 aliphatic rings. The van der Waals surface area contributed by atoms with E-state index in [9.17, 15) is 13.2 Å². The third-order valence-corrected chi connectivity index (χ3v) is 5.70. The van der Waals surface area contributed by atoms with E-state index < -0.39 is 10.0 Å². The Balaban J connectivity index is 1.75. The first-order chi connectivity index (χ1) is 13.2. The van der Waals surface area contributed by atoms with Gasteiger partial charge in [-0.1, -0.05) is 29.8 Å². The molecule has 3 aromatic rings. The molecule has 3 rings (SSSR count). The molecule has 1 aromatic heterocycles. The van der Waals surface area contributed by atoms with Gasteiger partial charge in [-0.15, -0.1) is 0 Å². The maximum atomic E-state index is 12.6. The number of Topliss-reactive ketones (excluding diaryl/α,β-unsaturated/α-hetero) is 1. The lowest BCUT2D eigenvalue weighted by molar-refractivity contribution is 0.101. The van der Waals surface area contributed by atoms with Gasteiger partial charge in [0.25, 0.3) is 10.0 Å². The van der Waals surface area contributed by atoms with E-state index in [0.717, 1.165) is 11.3 Å². The Labute approximate surface area is 164 Å². The highest BCUT2D eigenvalue weighted by atomic mass is 32.2. The Morgan fingerprint density at radius 1 is 0.964 bits per heavy atom. The van der Waals surface area contributed by atoms with Crippen LogP contribution >= 0.6 is 0 Å². The average Bonchev–Trinajstić information content (AvgIpc) is 2.63. The number of benzene rings is 2. The number of nitrogens with one attached hydrogen (secondary N) is 2. The highest BCUT2D eigenvalue weighted by Gasteiger charge is 2.17. The van der Waals surface area contributed by atoms with Crippen molar-refractivity contribution in [1.82, 2.24) is 4.98 Å². The third kappa shape index (κ3) is 4.55. The van der Waals surface area contributed by atoms with Gasteiger partial charge < -0.3 is 5.32 Å². The summed E-state index contributed by atoms with van der Waals surface area (Å²) in [6, 6.07) is 15.6. The van der Waals surface area contributed by atoms with Gasteiger partial charge in [-0.25, -0.2) is 13.4 Å².